The second-order valence-electron chi connectivity index (χ2n) is 13.0. The van der Waals surface area contributed by atoms with E-state index in [1.807, 2.05) is 0 Å². The van der Waals surface area contributed by atoms with E-state index >= 15 is 0 Å². The molecule has 0 aliphatic carbocycles. The van der Waals surface area contributed by atoms with Crippen LogP contribution in [-0.2, 0) is 0 Å². The first kappa shape index (κ1) is 31.0. The predicted octanol–water partition coefficient (Wildman–Crippen LogP) is 10.7. The monoisotopic (exact) mass is 702 g/mol. The van der Waals surface area contributed by atoms with E-state index in [-0.39, 0.29) is 0 Å². The van der Waals surface area contributed by atoms with Gasteiger partial charge >= 0.3 is 0 Å². The van der Waals surface area contributed by atoms with E-state index in [1.54, 1.807) is 0 Å². The Hall–Kier alpha value is -5.78. The van der Waals surface area contributed by atoms with Gasteiger partial charge in [0.15, 0.2) is 0 Å². The maximum Gasteiger partial charge on any atom is 0.143 e. The van der Waals surface area contributed by atoms with Crippen LogP contribution < -0.4 is 32.2 Å². The molecule has 0 saturated heterocycles. The van der Waals surface area contributed by atoms with Crippen LogP contribution in [-0.4, -0.2) is 0 Å². The molecule has 0 aliphatic heterocycles. The minimum absolute atomic E-state index is 0.882. The molecule has 0 radical (unpaired) electrons. The molecule has 0 spiro atoms. The fraction of sp³-hybridized carbons (Fsp3) is 0. The SMILES string of the molecule is c1ccc(P(c2ccccc2)c2oc3cc4ccccc4cc3c2-c2c(P(c3ccccc3)c3ccccc3)oc3cc4ccccc4cc23)cc1. The molecule has 10 aromatic rings. The Bertz CT molecular complexity index is 2570. The van der Waals surface area contributed by atoms with Crippen LogP contribution in [0.1, 0.15) is 0 Å². The number of rotatable bonds is 7. The van der Waals surface area contributed by atoms with Gasteiger partial charge < -0.3 is 8.83 Å². The molecule has 0 fully saturated rings. The van der Waals surface area contributed by atoms with Crippen molar-refractivity contribution in [3.63, 3.8) is 0 Å². The van der Waals surface area contributed by atoms with E-state index in [4.69, 9.17) is 8.83 Å². The Balaban J connectivity index is 1.39. The summed E-state index contributed by atoms with van der Waals surface area (Å²) in [5.74, 6) is 0. The van der Waals surface area contributed by atoms with E-state index in [0.717, 1.165) is 54.8 Å². The van der Waals surface area contributed by atoms with Gasteiger partial charge in [0.05, 0.1) is 0 Å². The van der Waals surface area contributed by atoms with Crippen LogP contribution in [0.15, 0.2) is 203 Å². The first-order valence-corrected chi connectivity index (χ1v) is 20.2. The Kier molecular flexibility index (Phi) is 7.80. The molecule has 0 amide bonds. The van der Waals surface area contributed by atoms with Crippen molar-refractivity contribution in [1.82, 2.24) is 0 Å². The lowest BCUT2D eigenvalue weighted by atomic mass is 9.99. The van der Waals surface area contributed by atoms with Crippen molar-refractivity contribution in [3.05, 3.63) is 194 Å². The molecule has 0 saturated carbocycles. The Labute approximate surface area is 304 Å². The fourth-order valence-corrected chi connectivity index (χ4v) is 12.1. The average molecular weight is 703 g/mol. The van der Waals surface area contributed by atoms with Crippen molar-refractivity contribution in [2.45, 2.75) is 0 Å². The summed E-state index contributed by atoms with van der Waals surface area (Å²) in [6, 6.07) is 69.7. The standard InChI is InChI=1S/C48H32O2P2/c1-5-21-37(22-6-1)51(38-23-7-2-8-24-38)47-45(41-29-33-17-13-15-19-35(33)31-43(41)49-47)46-42-30-34-18-14-16-20-36(34)32-44(42)50-48(46)52(39-25-9-3-10-26-39)40-27-11-4-12-28-40/h1-32H. The predicted molar refractivity (Wildman–Crippen MR) is 224 cm³/mol. The molecule has 10 rings (SSSR count). The first-order valence-electron chi connectivity index (χ1n) is 17.5. The minimum Gasteiger partial charge on any atom is -0.455 e. The number of furan rings is 2. The summed E-state index contributed by atoms with van der Waals surface area (Å²) in [7, 11) is -2.20. The van der Waals surface area contributed by atoms with Gasteiger partial charge in [-0.2, -0.15) is 0 Å². The lowest BCUT2D eigenvalue weighted by Crippen LogP contribution is -2.24. The summed E-state index contributed by atoms with van der Waals surface area (Å²) in [5.41, 5.74) is 5.95. The maximum absolute atomic E-state index is 7.28. The topological polar surface area (TPSA) is 26.3 Å². The van der Waals surface area contributed by atoms with E-state index in [0.29, 0.717) is 0 Å². The average Bonchev–Trinajstić information content (AvgIpc) is 3.74. The molecule has 0 aliphatic rings. The summed E-state index contributed by atoms with van der Waals surface area (Å²) in [4.78, 5) is 0. The molecule has 2 nitrogen and oxygen atoms in total. The molecule has 0 atom stereocenters. The number of fused-ring (bicyclic) bond motifs is 4. The van der Waals surface area contributed by atoms with Crippen LogP contribution in [0.3, 0.4) is 0 Å². The highest BCUT2D eigenvalue weighted by Gasteiger charge is 2.34. The van der Waals surface area contributed by atoms with Gasteiger partial charge in [-0.05, 0) is 67.0 Å². The largest absolute Gasteiger partial charge is 0.455 e. The van der Waals surface area contributed by atoms with E-state index in [1.165, 1.54) is 32.0 Å². The summed E-state index contributed by atoms with van der Waals surface area (Å²) >= 11 is 0. The van der Waals surface area contributed by atoms with Gasteiger partial charge in [-0.3, -0.25) is 0 Å². The van der Waals surface area contributed by atoms with Crippen molar-refractivity contribution in [2.75, 3.05) is 0 Å². The second-order valence-corrected chi connectivity index (χ2v) is 17.2. The number of hydrogen-bond donors (Lipinski definition) is 0. The van der Waals surface area contributed by atoms with Crippen molar-refractivity contribution in [2.24, 2.45) is 0 Å². The third-order valence-corrected chi connectivity index (χ3v) is 14.5. The Morgan fingerprint density at radius 1 is 0.288 bits per heavy atom. The molecule has 0 bridgehead atoms. The molecular weight excluding hydrogens is 670 g/mol. The Morgan fingerprint density at radius 2 is 0.558 bits per heavy atom. The molecule has 52 heavy (non-hydrogen) atoms. The highest BCUT2D eigenvalue weighted by atomic mass is 31.1. The quantitative estimate of drug-likeness (QED) is 0.155. The Morgan fingerprint density at radius 3 is 0.865 bits per heavy atom. The maximum atomic E-state index is 7.28. The smallest absolute Gasteiger partial charge is 0.143 e. The number of benzene rings is 8. The van der Waals surface area contributed by atoms with Gasteiger partial charge in [0, 0.05) is 37.7 Å². The zero-order chi connectivity index (χ0) is 34.4. The third kappa shape index (κ3) is 5.35. The zero-order valence-electron chi connectivity index (χ0n) is 28.2. The van der Waals surface area contributed by atoms with Crippen LogP contribution >= 0.6 is 15.8 Å². The normalized spacial score (nSPS) is 11.8. The molecule has 2 heterocycles. The lowest BCUT2D eigenvalue weighted by molar-refractivity contribution is 0.652. The summed E-state index contributed by atoms with van der Waals surface area (Å²) in [6.07, 6.45) is 0. The summed E-state index contributed by atoms with van der Waals surface area (Å²) < 4.78 is 14.6. The molecular formula is C48H32O2P2. The van der Waals surface area contributed by atoms with E-state index < -0.39 is 15.8 Å². The molecule has 246 valence electrons. The highest BCUT2D eigenvalue weighted by molar-refractivity contribution is 7.80. The molecule has 0 N–H and O–H groups in total. The van der Waals surface area contributed by atoms with Crippen molar-refractivity contribution in [3.8, 4) is 11.1 Å². The van der Waals surface area contributed by atoms with Crippen LogP contribution in [0, 0.1) is 0 Å². The number of hydrogen-bond acceptors (Lipinski definition) is 2. The van der Waals surface area contributed by atoms with Crippen molar-refractivity contribution < 1.29 is 8.83 Å². The van der Waals surface area contributed by atoms with Crippen LogP contribution in [0.2, 0.25) is 0 Å². The summed E-state index contributed by atoms with van der Waals surface area (Å²) in [5, 5.41) is 11.8. The molecule has 2 aromatic heterocycles. The van der Waals surface area contributed by atoms with Gasteiger partial charge in [0.2, 0.25) is 0 Å². The third-order valence-electron chi connectivity index (χ3n) is 9.79. The lowest BCUT2D eigenvalue weighted by Gasteiger charge is -2.21. The van der Waals surface area contributed by atoms with Crippen LogP contribution in [0.5, 0.6) is 0 Å². The first-order chi connectivity index (χ1) is 25.8. The van der Waals surface area contributed by atoms with Gasteiger partial charge in [-0.15, -0.1) is 0 Å². The molecule has 4 heteroatoms. The molecule has 8 aromatic carbocycles. The minimum atomic E-state index is -1.10. The van der Waals surface area contributed by atoms with Gasteiger partial charge in [0.1, 0.15) is 22.2 Å². The van der Waals surface area contributed by atoms with Crippen molar-refractivity contribution in [1.29, 1.82) is 0 Å². The molecule has 0 unspecified atom stereocenters. The highest BCUT2D eigenvalue weighted by Crippen LogP contribution is 2.48. The van der Waals surface area contributed by atoms with Crippen molar-refractivity contribution >= 4 is 91.5 Å². The van der Waals surface area contributed by atoms with Gasteiger partial charge in [-0.1, -0.05) is 170 Å². The zero-order valence-corrected chi connectivity index (χ0v) is 30.0. The van der Waals surface area contributed by atoms with Gasteiger partial charge in [0.25, 0.3) is 0 Å². The van der Waals surface area contributed by atoms with Gasteiger partial charge in [-0.25, -0.2) is 0 Å². The van der Waals surface area contributed by atoms with E-state index in [9.17, 15) is 0 Å². The second kappa shape index (κ2) is 13.1. The van der Waals surface area contributed by atoms with E-state index in [2.05, 4.69) is 194 Å². The van der Waals surface area contributed by atoms with Crippen LogP contribution in [0.4, 0.5) is 0 Å². The fourth-order valence-electron chi connectivity index (χ4n) is 7.41. The van der Waals surface area contributed by atoms with Crippen LogP contribution in [0.25, 0.3) is 54.6 Å². The summed E-state index contributed by atoms with van der Waals surface area (Å²) in [6.45, 7) is 0.